The Kier molecular flexibility index (Phi) is 4.63. The third kappa shape index (κ3) is 3.54. The Morgan fingerprint density at radius 3 is 2.61 bits per heavy atom. The van der Waals surface area contributed by atoms with Crippen LogP contribution in [0.15, 0.2) is 54.6 Å². The van der Waals surface area contributed by atoms with Crippen molar-refractivity contribution in [2.45, 2.75) is 31.3 Å². The molecular weight excluding hydrogens is 288 g/mol. The number of piperidine rings is 1. The summed E-state index contributed by atoms with van der Waals surface area (Å²) in [6.45, 7) is 0.575. The van der Waals surface area contributed by atoms with Gasteiger partial charge in [-0.15, -0.1) is 0 Å². The third-order valence-electron chi connectivity index (χ3n) is 4.56. The molecular formula is C19H22N2O2. The molecule has 3 rings (SSSR count). The number of amides is 1. The number of carbonyl (C=O) groups is 1. The van der Waals surface area contributed by atoms with Gasteiger partial charge in [0.2, 0.25) is 0 Å². The Balaban J connectivity index is 1.83. The predicted octanol–water partition coefficient (Wildman–Crippen LogP) is 3.37. The lowest BCUT2D eigenvalue weighted by molar-refractivity contribution is 0.0974. The van der Waals surface area contributed by atoms with Gasteiger partial charge in [0.05, 0.1) is 6.04 Å². The van der Waals surface area contributed by atoms with Crippen LogP contribution in [0.4, 0.5) is 4.79 Å². The smallest absolute Gasteiger partial charge is 0.407 e. The monoisotopic (exact) mass is 310 g/mol. The largest absolute Gasteiger partial charge is 0.465 e. The van der Waals surface area contributed by atoms with Crippen molar-refractivity contribution >= 4 is 6.09 Å². The highest BCUT2D eigenvalue weighted by Crippen LogP contribution is 2.24. The van der Waals surface area contributed by atoms with Gasteiger partial charge >= 0.3 is 6.09 Å². The summed E-state index contributed by atoms with van der Waals surface area (Å²) in [6, 6.07) is 18.2. The fourth-order valence-corrected chi connectivity index (χ4v) is 3.34. The van der Waals surface area contributed by atoms with Gasteiger partial charge in [-0.25, -0.2) is 4.79 Å². The van der Waals surface area contributed by atoms with Crippen LogP contribution < -0.4 is 5.73 Å². The summed E-state index contributed by atoms with van der Waals surface area (Å²) in [5.41, 5.74) is 9.64. The van der Waals surface area contributed by atoms with E-state index in [1.165, 1.54) is 4.90 Å². The molecule has 1 aliphatic heterocycles. The van der Waals surface area contributed by atoms with E-state index in [0.29, 0.717) is 13.0 Å². The van der Waals surface area contributed by atoms with Gasteiger partial charge in [0.15, 0.2) is 0 Å². The van der Waals surface area contributed by atoms with E-state index < -0.39 is 6.09 Å². The van der Waals surface area contributed by atoms with E-state index >= 15 is 0 Å². The number of carboxylic acid groups (broad SMARTS) is 1. The molecule has 1 amide bonds. The van der Waals surface area contributed by atoms with E-state index in [1.54, 1.807) is 0 Å². The maximum absolute atomic E-state index is 11.5. The molecule has 3 N–H and O–H groups in total. The Morgan fingerprint density at radius 2 is 1.87 bits per heavy atom. The van der Waals surface area contributed by atoms with E-state index in [-0.39, 0.29) is 12.1 Å². The van der Waals surface area contributed by atoms with Crippen LogP contribution in [-0.2, 0) is 6.42 Å². The Labute approximate surface area is 136 Å². The number of benzene rings is 2. The van der Waals surface area contributed by atoms with Gasteiger partial charge in [-0.3, -0.25) is 0 Å². The second-order valence-corrected chi connectivity index (χ2v) is 6.12. The second kappa shape index (κ2) is 6.84. The zero-order valence-electron chi connectivity index (χ0n) is 13.1. The van der Waals surface area contributed by atoms with Crippen molar-refractivity contribution < 1.29 is 9.90 Å². The summed E-state index contributed by atoms with van der Waals surface area (Å²) >= 11 is 0. The average Bonchev–Trinajstić information content (AvgIpc) is 2.57. The number of nitrogens with zero attached hydrogens (tertiary/aromatic N) is 1. The van der Waals surface area contributed by atoms with Crippen molar-refractivity contribution in [3.63, 3.8) is 0 Å². The molecule has 1 aliphatic rings. The Bertz CT molecular complexity index is 672. The van der Waals surface area contributed by atoms with Crippen LogP contribution in [0.1, 0.15) is 18.4 Å². The van der Waals surface area contributed by atoms with Crippen LogP contribution in [0, 0.1) is 0 Å². The summed E-state index contributed by atoms with van der Waals surface area (Å²) in [7, 11) is 0. The number of likely N-dealkylation sites (tertiary alicyclic amines) is 1. The molecule has 4 nitrogen and oxygen atoms in total. The first-order valence-corrected chi connectivity index (χ1v) is 8.04. The zero-order valence-corrected chi connectivity index (χ0v) is 13.1. The van der Waals surface area contributed by atoms with Gasteiger partial charge in [0.1, 0.15) is 0 Å². The highest BCUT2D eigenvalue weighted by molar-refractivity contribution is 5.66. The summed E-state index contributed by atoms with van der Waals surface area (Å²) < 4.78 is 0. The molecule has 1 saturated heterocycles. The predicted molar refractivity (Wildman–Crippen MR) is 91.3 cm³/mol. The molecule has 0 bridgehead atoms. The second-order valence-electron chi connectivity index (χ2n) is 6.12. The molecule has 4 heteroatoms. The number of hydrogen-bond donors (Lipinski definition) is 2. The summed E-state index contributed by atoms with van der Waals surface area (Å²) in [6.07, 6.45) is 1.51. The molecule has 0 radical (unpaired) electrons. The van der Waals surface area contributed by atoms with Gasteiger partial charge < -0.3 is 15.7 Å². The molecule has 0 saturated carbocycles. The maximum Gasteiger partial charge on any atom is 0.407 e. The molecule has 2 aromatic rings. The van der Waals surface area contributed by atoms with Crippen molar-refractivity contribution in [3.8, 4) is 11.1 Å². The molecule has 2 aromatic carbocycles. The molecule has 23 heavy (non-hydrogen) atoms. The van der Waals surface area contributed by atoms with Gasteiger partial charge in [0.25, 0.3) is 0 Å². The third-order valence-corrected chi connectivity index (χ3v) is 4.56. The van der Waals surface area contributed by atoms with Crippen LogP contribution in [0.25, 0.3) is 11.1 Å². The first kappa shape index (κ1) is 15.6. The van der Waals surface area contributed by atoms with Crippen LogP contribution in [0.3, 0.4) is 0 Å². The van der Waals surface area contributed by atoms with Crippen molar-refractivity contribution in [3.05, 3.63) is 60.2 Å². The molecule has 0 spiro atoms. The standard InChI is InChI=1S/C19H22N2O2/c20-17-10-5-11-21(19(22)23)18(17)13-14-6-4-9-16(12-14)15-7-2-1-3-8-15/h1-4,6-9,12,17-18H,5,10-11,13,20H2,(H,22,23)/t17-,18-/m1/s1. The highest BCUT2D eigenvalue weighted by Gasteiger charge is 2.32. The quantitative estimate of drug-likeness (QED) is 0.913. The molecule has 2 atom stereocenters. The molecule has 0 aliphatic carbocycles. The first-order valence-electron chi connectivity index (χ1n) is 8.04. The number of nitrogens with two attached hydrogens (primary N) is 1. The average molecular weight is 310 g/mol. The lowest BCUT2D eigenvalue weighted by atomic mass is 9.91. The van der Waals surface area contributed by atoms with Crippen LogP contribution >= 0.6 is 0 Å². The normalized spacial score (nSPS) is 21.2. The minimum atomic E-state index is -0.871. The first-order chi connectivity index (χ1) is 11.1. The maximum atomic E-state index is 11.5. The van der Waals surface area contributed by atoms with E-state index in [0.717, 1.165) is 29.5 Å². The summed E-state index contributed by atoms with van der Waals surface area (Å²) in [5.74, 6) is 0. The van der Waals surface area contributed by atoms with E-state index in [1.807, 2.05) is 30.3 Å². The van der Waals surface area contributed by atoms with Crippen molar-refractivity contribution in [1.29, 1.82) is 0 Å². The van der Waals surface area contributed by atoms with Gasteiger partial charge in [0, 0.05) is 12.6 Å². The fourth-order valence-electron chi connectivity index (χ4n) is 3.34. The van der Waals surface area contributed by atoms with Gasteiger partial charge in [-0.1, -0.05) is 54.6 Å². The van der Waals surface area contributed by atoms with E-state index in [9.17, 15) is 9.90 Å². The summed E-state index contributed by atoms with van der Waals surface area (Å²) in [4.78, 5) is 13.0. The lowest BCUT2D eigenvalue weighted by Gasteiger charge is -2.38. The van der Waals surface area contributed by atoms with Crippen LogP contribution in [-0.4, -0.2) is 34.7 Å². The van der Waals surface area contributed by atoms with Crippen molar-refractivity contribution in [1.82, 2.24) is 4.90 Å². The minimum absolute atomic E-state index is 0.0970. The van der Waals surface area contributed by atoms with E-state index in [4.69, 9.17) is 5.73 Å². The van der Waals surface area contributed by atoms with Crippen molar-refractivity contribution in [2.75, 3.05) is 6.54 Å². The number of hydrogen-bond acceptors (Lipinski definition) is 2. The van der Waals surface area contributed by atoms with E-state index in [2.05, 4.69) is 24.3 Å². The Morgan fingerprint density at radius 1 is 1.13 bits per heavy atom. The van der Waals surface area contributed by atoms with Gasteiger partial charge in [-0.05, 0) is 36.0 Å². The van der Waals surface area contributed by atoms with Crippen molar-refractivity contribution in [2.24, 2.45) is 5.73 Å². The summed E-state index contributed by atoms with van der Waals surface area (Å²) in [5, 5.41) is 9.41. The SMILES string of the molecule is N[C@@H]1CCCN(C(=O)O)[C@@H]1Cc1cccc(-c2ccccc2)c1. The topological polar surface area (TPSA) is 66.6 Å². The molecule has 1 heterocycles. The fraction of sp³-hybridized carbons (Fsp3) is 0.316. The molecule has 0 unspecified atom stereocenters. The molecule has 120 valence electrons. The Hall–Kier alpha value is -2.33. The van der Waals surface area contributed by atoms with Gasteiger partial charge in [-0.2, -0.15) is 0 Å². The zero-order chi connectivity index (χ0) is 16.2. The van der Waals surface area contributed by atoms with Crippen LogP contribution in [0.2, 0.25) is 0 Å². The minimum Gasteiger partial charge on any atom is -0.465 e. The molecule has 1 fully saturated rings. The molecule has 0 aromatic heterocycles. The lowest BCUT2D eigenvalue weighted by Crippen LogP contribution is -2.54. The number of rotatable bonds is 3. The highest BCUT2D eigenvalue weighted by atomic mass is 16.4. The van der Waals surface area contributed by atoms with Crippen LogP contribution in [0.5, 0.6) is 0 Å².